The van der Waals surface area contributed by atoms with Crippen molar-refractivity contribution in [3.05, 3.63) is 11.8 Å². The average Bonchev–Trinajstić information content (AvgIpc) is 3.39. The number of carboxylic acids is 4. The van der Waals surface area contributed by atoms with E-state index in [0.717, 1.165) is 64.2 Å². The van der Waals surface area contributed by atoms with Crippen LogP contribution in [0.15, 0.2) is 11.8 Å². The average molecular weight is 1130 g/mol. The Balaban J connectivity index is 4.16. The molecule has 11 N–H and O–H groups in total. The number of rotatable bonds is 54. The molecule has 26 nitrogen and oxygen atoms in total. The minimum Gasteiger partial charge on any atom is -0.481 e. The summed E-state index contributed by atoms with van der Waals surface area (Å²) in [6.07, 6.45) is 15.3. The van der Waals surface area contributed by atoms with Crippen molar-refractivity contribution < 1.29 is 92.1 Å². The Bertz CT molecular complexity index is 1850. The van der Waals surface area contributed by atoms with Gasteiger partial charge >= 0.3 is 23.9 Å². The summed E-state index contributed by atoms with van der Waals surface area (Å²) in [5.74, 6) is -8.43. The Kier molecular flexibility index (Phi) is 45.0. The molecule has 0 saturated carbocycles. The van der Waals surface area contributed by atoms with Gasteiger partial charge in [-0.1, -0.05) is 83.1 Å². The van der Waals surface area contributed by atoms with Gasteiger partial charge in [0.2, 0.25) is 35.4 Å². The Hall–Kier alpha value is -6.25. The molecule has 0 rings (SSSR count). The van der Waals surface area contributed by atoms with E-state index < -0.39 is 84.9 Å². The molecule has 0 aromatic carbocycles. The summed E-state index contributed by atoms with van der Waals surface area (Å²) in [6.45, 7) is 2.73. The van der Waals surface area contributed by atoms with Gasteiger partial charge in [0.15, 0.2) is 5.78 Å². The Morgan fingerprint density at radius 2 is 0.734 bits per heavy atom. The fourth-order valence-electron chi connectivity index (χ4n) is 7.56. The smallest absolute Gasteiger partial charge is 0.326 e. The van der Waals surface area contributed by atoms with Crippen LogP contribution in [-0.4, -0.2) is 183 Å². The van der Waals surface area contributed by atoms with Gasteiger partial charge in [0, 0.05) is 65.7 Å². The van der Waals surface area contributed by atoms with Crippen LogP contribution in [0.3, 0.4) is 0 Å². The van der Waals surface area contributed by atoms with E-state index in [1.807, 2.05) is 0 Å². The van der Waals surface area contributed by atoms with E-state index in [1.165, 1.54) is 26.2 Å². The number of carbonyl (C=O) groups excluding carboxylic acids is 7. The number of unbranched alkanes of at least 4 members (excludes halogenated alkanes) is 14. The van der Waals surface area contributed by atoms with Crippen molar-refractivity contribution in [2.45, 2.75) is 179 Å². The number of likely N-dealkylation sites (N-methyl/N-ethyl adjacent to an activating group) is 1. The van der Waals surface area contributed by atoms with Crippen LogP contribution in [0, 0.1) is 0 Å². The quantitative estimate of drug-likeness (QED) is 0.0307. The molecule has 0 bridgehead atoms. The standard InChI is InChI=1S/C53H91N7O19/c1-39(61)40(54-2)19-17-18-28-55-48(66)37-78-35-34-77-32-30-57-49(67)38-79-36-33-76-31-29-56-44(62)25-22-41(51(70)71)59-46(64)27-24-43(53(74)75)60-47(65)26-23-42(52(72)73)58-45(63)20-15-13-11-9-7-5-3-4-6-8-10-12-14-16-21-50(68)69/h19,41-43,54H,3-18,20-38H2,1-2H3,(H,55,66)(H,56,62)(H,57,67)(H,58,63)(H,59,64)(H,60,65)(H,68,69)(H,70,71)(H,72,73)(H,74,75)/b40-19+/t41-,42-,43-/m0/s1. The van der Waals surface area contributed by atoms with Gasteiger partial charge in [0.25, 0.3) is 0 Å². The third-order valence-electron chi connectivity index (χ3n) is 12.0. The Morgan fingerprint density at radius 3 is 1.11 bits per heavy atom. The first-order valence-corrected chi connectivity index (χ1v) is 27.6. The van der Waals surface area contributed by atoms with Crippen LogP contribution in [0.5, 0.6) is 0 Å². The second-order valence-electron chi connectivity index (χ2n) is 18.8. The highest BCUT2D eigenvalue weighted by Crippen LogP contribution is 2.14. The summed E-state index contributed by atoms with van der Waals surface area (Å²) in [6, 6.07) is -4.44. The van der Waals surface area contributed by atoms with Crippen molar-refractivity contribution in [2.24, 2.45) is 0 Å². The molecule has 452 valence electrons. The molecule has 0 unspecified atom stereocenters. The van der Waals surface area contributed by atoms with Crippen LogP contribution in [0.1, 0.15) is 161 Å². The summed E-state index contributed by atoms with van der Waals surface area (Å²) < 4.78 is 21.2. The molecule has 0 radical (unpaired) electrons. The van der Waals surface area contributed by atoms with E-state index in [-0.39, 0.29) is 116 Å². The van der Waals surface area contributed by atoms with E-state index in [1.54, 1.807) is 13.1 Å². The number of amides is 6. The molecule has 0 aliphatic rings. The SMILES string of the molecule is CN/C(=C/CCCNC(=O)COCCOCCNC(=O)COCCOCCNC(=O)CC[C@H](NC(=O)CC[C@H](NC(=O)CC[C@H](NC(=O)CCCCCCCCCCCCCCCCC(=O)O)C(=O)O)C(=O)O)C(=O)O)C(C)=O. The zero-order valence-corrected chi connectivity index (χ0v) is 46.5. The monoisotopic (exact) mass is 1130 g/mol. The lowest BCUT2D eigenvalue weighted by atomic mass is 10.0. The van der Waals surface area contributed by atoms with Crippen molar-refractivity contribution in [3.8, 4) is 0 Å². The van der Waals surface area contributed by atoms with Gasteiger partial charge in [-0.15, -0.1) is 0 Å². The van der Waals surface area contributed by atoms with Crippen LogP contribution in [0.25, 0.3) is 0 Å². The Labute approximate surface area is 463 Å². The van der Waals surface area contributed by atoms with Gasteiger partial charge in [0.1, 0.15) is 31.3 Å². The molecule has 0 aromatic heterocycles. The molecule has 0 saturated heterocycles. The molecule has 6 amide bonds. The molecule has 0 fully saturated rings. The van der Waals surface area contributed by atoms with Crippen LogP contribution < -0.4 is 37.2 Å². The molecule has 26 heteroatoms. The summed E-state index contributed by atoms with van der Waals surface area (Å²) in [4.78, 5) is 131. The summed E-state index contributed by atoms with van der Waals surface area (Å²) in [7, 11) is 1.67. The zero-order chi connectivity index (χ0) is 58.9. The number of nitrogens with one attached hydrogen (secondary N) is 7. The van der Waals surface area contributed by atoms with E-state index in [4.69, 9.17) is 24.1 Å². The lowest BCUT2D eigenvalue weighted by Crippen LogP contribution is -2.45. The summed E-state index contributed by atoms with van der Waals surface area (Å²) in [5.41, 5.74) is 0.531. The van der Waals surface area contributed by atoms with Gasteiger partial charge in [-0.3, -0.25) is 38.4 Å². The number of allylic oxidation sites excluding steroid dienone is 2. The third kappa shape index (κ3) is 45.3. The first-order chi connectivity index (χ1) is 37.9. The first-order valence-electron chi connectivity index (χ1n) is 27.6. The molecule has 0 spiro atoms. The summed E-state index contributed by atoms with van der Waals surface area (Å²) in [5, 5.41) is 55.1. The lowest BCUT2D eigenvalue weighted by molar-refractivity contribution is -0.144. The van der Waals surface area contributed by atoms with Crippen molar-refractivity contribution in [1.82, 2.24) is 37.2 Å². The fraction of sp³-hybridized carbons (Fsp3) is 0.755. The van der Waals surface area contributed by atoms with Gasteiger partial charge in [-0.2, -0.15) is 0 Å². The predicted molar refractivity (Wildman–Crippen MR) is 287 cm³/mol. The summed E-state index contributed by atoms with van der Waals surface area (Å²) >= 11 is 0. The maximum absolute atomic E-state index is 12.6. The van der Waals surface area contributed by atoms with Gasteiger partial charge < -0.3 is 76.6 Å². The first kappa shape index (κ1) is 72.8. The molecule has 0 aliphatic heterocycles. The number of ether oxygens (including phenoxy) is 4. The third-order valence-corrected chi connectivity index (χ3v) is 12.0. The second-order valence-corrected chi connectivity index (χ2v) is 18.8. The van der Waals surface area contributed by atoms with Crippen molar-refractivity contribution in [1.29, 1.82) is 0 Å². The highest BCUT2D eigenvalue weighted by molar-refractivity contribution is 5.92. The van der Waals surface area contributed by atoms with Crippen LogP contribution in [0.2, 0.25) is 0 Å². The van der Waals surface area contributed by atoms with E-state index in [9.17, 15) is 68.1 Å². The number of carboxylic acid groups (broad SMARTS) is 4. The number of hydrogen-bond acceptors (Lipinski definition) is 16. The minimum absolute atomic E-state index is 0.0572. The highest BCUT2D eigenvalue weighted by atomic mass is 16.5. The fourth-order valence-corrected chi connectivity index (χ4v) is 7.56. The van der Waals surface area contributed by atoms with Crippen molar-refractivity contribution in [2.75, 3.05) is 79.5 Å². The minimum atomic E-state index is -1.57. The molecule has 0 aromatic rings. The number of hydrogen-bond donors (Lipinski definition) is 11. The van der Waals surface area contributed by atoms with Gasteiger partial charge in [-0.05, 0) is 44.9 Å². The molecular weight excluding hydrogens is 1040 g/mol. The van der Waals surface area contributed by atoms with Crippen LogP contribution in [-0.2, 0) is 71.7 Å². The van der Waals surface area contributed by atoms with E-state index in [0.29, 0.717) is 31.5 Å². The number of ketones is 1. The molecule has 0 aliphatic carbocycles. The van der Waals surface area contributed by atoms with E-state index in [2.05, 4.69) is 37.2 Å². The Morgan fingerprint density at radius 1 is 0.392 bits per heavy atom. The molecular formula is C53H91N7O19. The maximum Gasteiger partial charge on any atom is 0.326 e. The molecule has 79 heavy (non-hydrogen) atoms. The highest BCUT2D eigenvalue weighted by Gasteiger charge is 2.26. The predicted octanol–water partition coefficient (Wildman–Crippen LogP) is 2.25. The topological polar surface area (TPSA) is 390 Å². The molecule has 0 heterocycles. The number of carbonyl (C=O) groups is 11. The van der Waals surface area contributed by atoms with E-state index >= 15 is 0 Å². The normalized spacial score (nSPS) is 12.3. The van der Waals surface area contributed by atoms with Crippen molar-refractivity contribution in [3.63, 3.8) is 0 Å². The number of Topliss-reactive ketones (excluding diaryl/α,β-unsaturated/α-hetero) is 1. The van der Waals surface area contributed by atoms with Gasteiger partial charge in [0.05, 0.1) is 45.3 Å². The second kappa shape index (κ2) is 48.8. The maximum atomic E-state index is 12.6. The molecule has 3 atom stereocenters. The van der Waals surface area contributed by atoms with Crippen LogP contribution >= 0.6 is 0 Å². The zero-order valence-electron chi connectivity index (χ0n) is 46.5. The number of aliphatic carboxylic acids is 4. The van der Waals surface area contributed by atoms with Gasteiger partial charge in [-0.25, -0.2) is 14.4 Å². The van der Waals surface area contributed by atoms with Crippen LogP contribution in [0.4, 0.5) is 0 Å². The van der Waals surface area contributed by atoms with Crippen molar-refractivity contribution >= 4 is 65.1 Å². The largest absolute Gasteiger partial charge is 0.481 e. The lowest BCUT2D eigenvalue weighted by Gasteiger charge is -2.18.